The fraction of sp³-hybridized carbons (Fsp3) is 0.529. The van der Waals surface area contributed by atoms with Gasteiger partial charge in [0.15, 0.2) is 0 Å². The van der Waals surface area contributed by atoms with Crippen molar-refractivity contribution in [3.05, 3.63) is 35.9 Å². The lowest BCUT2D eigenvalue weighted by molar-refractivity contribution is -0.149. The molecule has 114 valence electrons. The van der Waals surface area contributed by atoms with Gasteiger partial charge in [-0.1, -0.05) is 43.7 Å². The maximum Gasteiger partial charge on any atom is 0.311 e. The van der Waals surface area contributed by atoms with Crippen LogP contribution in [0.15, 0.2) is 30.3 Å². The van der Waals surface area contributed by atoms with Gasteiger partial charge in [-0.3, -0.25) is 9.59 Å². The van der Waals surface area contributed by atoms with E-state index in [2.05, 4.69) is 5.32 Å². The van der Waals surface area contributed by atoms with Crippen LogP contribution in [-0.4, -0.2) is 23.0 Å². The van der Waals surface area contributed by atoms with Gasteiger partial charge < -0.3 is 10.4 Å². The number of hydrogen-bond donors (Lipinski definition) is 2. The minimum absolute atomic E-state index is 0.0666. The minimum Gasteiger partial charge on any atom is -0.481 e. The number of carboxylic acid groups (broad SMARTS) is 1. The number of benzene rings is 1. The SMILES string of the molecule is CCC(C(=O)NC1CCCC1(C)C(=O)O)c1ccccc1. The Morgan fingerprint density at radius 3 is 2.62 bits per heavy atom. The van der Waals surface area contributed by atoms with E-state index in [1.54, 1.807) is 6.92 Å². The molecule has 0 aliphatic heterocycles. The molecule has 0 bridgehead atoms. The maximum absolute atomic E-state index is 12.5. The van der Waals surface area contributed by atoms with E-state index in [1.165, 1.54) is 0 Å². The van der Waals surface area contributed by atoms with Crippen LogP contribution < -0.4 is 5.32 Å². The van der Waals surface area contributed by atoms with E-state index in [0.717, 1.165) is 18.4 Å². The second kappa shape index (κ2) is 6.29. The fourth-order valence-corrected chi connectivity index (χ4v) is 3.18. The molecule has 2 rings (SSSR count). The van der Waals surface area contributed by atoms with Gasteiger partial charge in [0.25, 0.3) is 0 Å². The summed E-state index contributed by atoms with van der Waals surface area (Å²) in [6, 6.07) is 9.37. The smallest absolute Gasteiger partial charge is 0.311 e. The molecule has 0 aromatic heterocycles. The molecule has 0 radical (unpaired) electrons. The molecule has 0 saturated heterocycles. The van der Waals surface area contributed by atoms with Crippen molar-refractivity contribution in [1.82, 2.24) is 5.32 Å². The third kappa shape index (κ3) is 3.09. The van der Waals surface area contributed by atoms with Crippen molar-refractivity contribution in [2.45, 2.75) is 51.5 Å². The van der Waals surface area contributed by atoms with Gasteiger partial charge >= 0.3 is 5.97 Å². The Hall–Kier alpha value is -1.84. The van der Waals surface area contributed by atoms with Crippen LogP contribution in [0.25, 0.3) is 0 Å². The first kappa shape index (κ1) is 15.5. The van der Waals surface area contributed by atoms with E-state index in [0.29, 0.717) is 12.8 Å². The zero-order chi connectivity index (χ0) is 15.5. The van der Waals surface area contributed by atoms with Crippen molar-refractivity contribution in [3.63, 3.8) is 0 Å². The molecule has 0 heterocycles. The van der Waals surface area contributed by atoms with Crippen LogP contribution in [0.4, 0.5) is 0 Å². The highest BCUT2D eigenvalue weighted by molar-refractivity contribution is 5.85. The summed E-state index contributed by atoms with van der Waals surface area (Å²) >= 11 is 0. The molecular weight excluding hydrogens is 266 g/mol. The molecule has 21 heavy (non-hydrogen) atoms. The summed E-state index contributed by atoms with van der Waals surface area (Å²) in [6.07, 6.45) is 2.90. The average Bonchev–Trinajstić information content (AvgIpc) is 2.83. The number of aliphatic carboxylic acids is 1. The highest BCUT2D eigenvalue weighted by atomic mass is 16.4. The number of carbonyl (C=O) groups excluding carboxylic acids is 1. The van der Waals surface area contributed by atoms with Gasteiger partial charge in [-0.2, -0.15) is 0 Å². The van der Waals surface area contributed by atoms with Crippen LogP contribution in [0.5, 0.6) is 0 Å². The Labute approximate surface area is 125 Å². The third-order valence-corrected chi connectivity index (χ3v) is 4.69. The van der Waals surface area contributed by atoms with Crippen molar-refractivity contribution in [1.29, 1.82) is 0 Å². The van der Waals surface area contributed by atoms with Crippen molar-refractivity contribution in [3.8, 4) is 0 Å². The van der Waals surface area contributed by atoms with Crippen LogP contribution in [0.2, 0.25) is 0 Å². The van der Waals surface area contributed by atoms with Crippen LogP contribution in [0, 0.1) is 5.41 Å². The Morgan fingerprint density at radius 2 is 2.05 bits per heavy atom. The molecule has 1 aromatic carbocycles. The zero-order valence-electron chi connectivity index (χ0n) is 12.6. The molecule has 3 atom stereocenters. The number of hydrogen-bond acceptors (Lipinski definition) is 2. The maximum atomic E-state index is 12.5. The van der Waals surface area contributed by atoms with Crippen LogP contribution in [0.1, 0.15) is 51.0 Å². The van der Waals surface area contributed by atoms with E-state index < -0.39 is 11.4 Å². The number of rotatable bonds is 5. The Kier molecular flexibility index (Phi) is 4.66. The van der Waals surface area contributed by atoms with Crippen molar-refractivity contribution >= 4 is 11.9 Å². The predicted molar refractivity (Wildman–Crippen MR) is 81.0 cm³/mol. The van der Waals surface area contributed by atoms with Crippen molar-refractivity contribution in [2.75, 3.05) is 0 Å². The molecule has 1 fully saturated rings. The van der Waals surface area contributed by atoms with Gasteiger partial charge in [-0.15, -0.1) is 0 Å². The molecule has 1 aromatic rings. The lowest BCUT2D eigenvalue weighted by Crippen LogP contribution is -2.48. The Balaban J connectivity index is 2.11. The second-order valence-corrected chi connectivity index (χ2v) is 6.05. The highest BCUT2D eigenvalue weighted by Gasteiger charge is 2.46. The van der Waals surface area contributed by atoms with Gasteiger partial charge in [-0.05, 0) is 31.7 Å². The highest BCUT2D eigenvalue weighted by Crippen LogP contribution is 2.38. The molecule has 1 aliphatic carbocycles. The minimum atomic E-state index is -0.843. The fourth-order valence-electron chi connectivity index (χ4n) is 3.18. The summed E-state index contributed by atoms with van der Waals surface area (Å²) in [7, 11) is 0. The predicted octanol–water partition coefficient (Wildman–Crippen LogP) is 2.94. The standard InChI is InChI=1S/C17H23NO3/c1-3-13(12-8-5-4-6-9-12)15(19)18-14-10-7-11-17(14,2)16(20)21/h4-6,8-9,13-14H,3,7,10-11H2,1-2H3,(H,18,19)(H,20,21). The summed E-state index contributed by atoms with van der Waals surface area (Å²) in [5.41, 5.74) is 0.137. The van der Waals surface area contributed by atoms with Gasteiger partial charge in [-0.25, -0.2) is 0 Å². The van der Waals surface area contributed by atoms with Crippen LogP contribution in [-0.2, 0) is 9.59 Å². The normalized spacial score (nSPS) is 26.3. The number of nitrogens with one attached hydrogen (secondary N) is 1. The van der Waals surface area contributed by atoms with Gasteiger partial charge in [0.2, 0.25) is 5.91 Å². The summed E-state index contributed by atoms with van der Waals surface area (Å²) < 4.78 is 0. The number of carboxylic acids is 1. The average molecular weight is 289 g/mol. The first-order chi connectivity index (χ1) is 9.99. The number of amides is 1. The first-order valence-electron chi connectivity index (χ1n) is 7.57. The van der Waals surface area contributed by atoms with E-state index in [4.69, 9.17) is 0 Å². The lowest BCUT2D eigenvalue weighted by atomic mass is 9.84. The molecule has 1 aliphatic rings. The quantitative estimate of drug-likeness (QED) is 0.875. The Morgan fingerprint density at radius 1 is 1.38 bits per heavy atom. The largest absolute Gasteiger partial charge is 0.481 e. The van der Waals surface area contributed by atoms with Crippen LogP contribution in [0.3, 0.4) is 0 Å². The molecule has 1 amide bonds. The summed E-state index contributed by atoms with van der Waals surface area (Å²) in [4.78, 5) is 24.0. The Bertz CT molecular complexity index is 514. The van der Waals surface area contributed by atoms with E-state index in [-0.39, 0.29) is 17.9 Å². The van der Waals surface area contributed by atoms with Crippen molar-refractivity contribution in [2.24, 2.45) is 5.41 Å². The van der Waals surface area contributed by atoms with Gasteiger partial charge in [0.05, 0.1) is 11.3 Å². The molecule has 0 spiro atoms. The third-order valence-electron chi connectivity index (χ3n) is 4.69. The summed E-state index contributed by atoms with van der Waals surface area (Å²) in [5.74, 6) is -1.11. The van der Waals surface area contributed by atoms with E-state index in [1.807, 2.05) is 37.3 Å². The van der Waals surface area contributed by atoms with E-state index >= 15 is 0 Å². The molecule has 3 unspecified atom stereocenters. The first-order valence-corrected chi connectivity index (χ1v) is 7.57. The monoisotopic (exact) mass is 289 g/mol. The molecule has 4 heteroatoms. The molecular formula is C17H23NO3. The van der Waals surface area contributed by atoms with Gasteiger partial charge in [0.1, 0.15) is 0 Å². The second-order valence-electron chi connectivity index (χ2n) is 6.05. The van der Waals surface area contributed by atoms with Crippen molar-refractivity contribution < 1.29 is 14.7 Å². The summed E-state index contributed by atoms with van der Waals surface area (Å²) in [5, 5.41) is 12.4. The topological polar surface area (TPSA) is 66.4 Å². The molecule has 1 saturated carbocycles. The van der Waals surface area contributed by atoms with Gasteiger partial charge in [0, 0.05) is 6.04 Å². The number of carbonyl (C=O) groups is 2. The summed E-state index contributed by atoms with van der Waals surface area (Å²) in [6.45, 7) is 3.71. The molecule has 2 N–H and O–H groups in total. The van der Waals surface area contributed by atoms with Crippen LogP contribution >= 0.6 is 0 Å². The molecule has 4 nitrogen and oxygen atoms in total. The van der Waals surface area contributed by atoms with E-state index in [9.17, 15) is 14.7 Å². The zero-order valence-corrected chi connectivity index (χ0v) is 12.6. The lowest BCUT2D eigenvalue weighted by Gasteiger charge is -2.29.